The highest BCUT2D eigenvalue weighted by molar-refractivity contribution is 7.13. The van der Waals surface area contributed by atoms with Crippen molar-refractivity contribution in [2.45, 2.75) is 124 Å². The maximum atomic E-state index is 14.0. The van der Waals surface area contributed by atoms with E-state index in [1.165, 1.54) is 11.8 Å². The van der Waals surface area contributed by atoms with Gasteiger partial charge in [-0.1, -0.05) is 63.8 Å². The van der Waals surface area contributed by atoms with Crippen LogP contribution >= 0.6 is 11.3 Å². The number of aliphatic hydroxyl groups excluding tert-OH is 1. The number of aromatic nitrogens is 5. The first-order valence-electron chi connectivity index (χ1n) is 24.7. The molecule has 2 aliphatic heterocycles. The molecular formula is C53H63N11O7S. The van der Waals surface area contributed by atoms with E-state index in [0.29, 0.717) is 54.5 Å². The van der Waals surface area contributed by atoms with Gasteiger partial charge in [-0.25, -0.2) is 15.0 Å². The number of Topliss-reactive ketones (excluding diaryl/α,β-unsaturated/α-hetero) is 1. The number of fused-ring (bicyclic) bond motifs is 1. The molecule has 18 nitrogen and oxygen atoms in total. The number of rotatable bonds is 14. The first-order chi connectivity index (χ1) is 34.5. The van der Waals surface area contributed by atoms with Crippen LogP contribution in [0.15, 0.2) is 59.1 Å². The minimum absolute atomic E-state index is 0.0270. The number of hydrogen-bond acceptors (Lipinski definition) is 14. The number of aryl methyl sites for hydroxylation is 2. The standard InChI is InChI=1S/C53H63N11O7S/c1-32-40-29-56-52(60-48(40)64(37-12-10-11-13-37)50(70)45(32)34(3)65)58-42-21-20-38(28-54-42)61-22-24-62(25-23-61)44(68)15-9-7-8-14-43(67)59-47(53(4,5)6)51(71)63-30-39(66)26-41(63)49(69)55-27-35-16-18-36(19-17-35)46-33(2)57-31-72-46/h16-21,28-29,31,37,39,41,47,66H,9-15,22-27,30H2,1-6H3,(H,55,69)(H,59,67)(H,54,56,58,60)/t39-,41+,47-/m1/s1. The maximum absolute atomic E-state index is 14.0. The summed E-state index contributed by atoms with van der Waals surface area (Å²) >= 11 is 1.57. The lowest BCUT2D eigenvalue weighted by Gasteiger charge is -2.36. The lowest BCUT2D eigenvalue weighted by molar-refractivity contribution is -0.143. The average molecular weight is 998 g/mol. The normalized spacial score (nSPS) is 17.6. The van der Waals surface area contributed by atoms with E-state index in [4.69, 9.17) is 4.98 Å². The Bertz CT molecular complexity index is 2960. The Labute approximate surface area is 423 Å². The third-order valence-electron chi connectivity index (χ3n) is 13.8. The van der Waals surface area contributed by atoms with Crippen molar-refractivity contribution in [3.8, 4) is 22.3 Å². The van der Waals surface area contributed by atoms with Crippen LogP contribution in [0.4, 0.5) is 17.5 Å². The Morgan fingerprint density at radius 1 is 0.931 bits per heavy atom. The number of amides is 4. The summed E-state index contributed by atoms with van der Waals surface area (Å²) in [7, 11) is 0. The number of piperazine rings is 1. The maximum Gasteiger partial charge on any atom is 0.263 e. The number of β-amino-alcohol motifs (C(OH)–C–C–N with tert-alkyl or cyclic N) is 1. The van der Waals surface area contributed by atoms with Gasteiger partial charge in [0.05, 0.1) is 46.1 Å². The molecule has 2 saturated heterocycles. The van der Waals surface area contributed by atoms with Gasteiger partial charge in [0.25, 0.3) is 5.56 Å². The molecular weight excluding hydrogens is 935 g/mol. The number of aliphatic hydroxyl groups is 1. The number of anilines is 3. The highest BCUT2D eigenvalue weighted by atomic mass is 32.1. The third kappa shape index (κ3) is 11.7. The van der Waals surface area contributed by atoms with Crippen molar-refractivity contribution < 1.29 is 29.1 Å². The van der Waals surface area contributed by atoms with Crippen molar-refractivity contribution in [2.75, 3.05) is 42.9 Å². The number of benzene rings is 1. The predicted octanol–water partition coefficient (Wildman–Crippen LogP) is 5.62. The van der Waals surface area contributed by atoms with E-state index in [2.05, 4.69) is 47.6 Å². The number of pyridine rings is 2. The summed E-state index contributed by atoms with van der Waals surface area (Å²) in [5.41, 5.74) is 5.83. The Kier molecular flexibility index (Phi) is 15.8. The molecule has 1 aliphatic carbocycles. The molecule has 0 radical (unpaired) electrons. The number of ketones is 1. The van der Waals surface area contributed by atoms with E-state index < -0.39 is 35.4 Å². The van der Waals surface area contributed by atoms with Crippen molar-refractivity contribution in [3.63, 3.8) is 0 Å². The number of hydrogen-bond donors (Lipinski definition) is 4. The van der Waals surface area contributed by atoms with Crippen molar-refractivity contribution in [1.29, 1.82) is 0 Å². The Morgan fingerprint density at radius 2 is 1.67 bits per heavy atom. The Balaban J connectivity index is 0.782. The van der Waals surface area contributed by atoms with Crippen molar-refractivity contribution in [1.82, 2.24) is 44.9 Å². The summed E-state index contributed by atoms with van der Waals surface area (Å²) in [6.07, 6.45) is 6.62. The van der Waals surface area contributed by atoms with Gasteiger partial charge in [-0.05, 0) is 67.9 Å². The largest absolute Gasteiger partial charge is 0.391 e. The summed E-state index contributed by atoms with van der Waals surface area (Å²) in [4.78, 5) is 105. The van der Waals surface area contributed by atoms with Crippen molar-refractivity contribution in [2.24, 2.45) is 5.41 Å². The molecule has 1 aromatic carbocycles. The van der Waals surface area contributed by atoms with Gasteiger partial charge in [0.2, 0.25) is 29.6 Å². The molecule has 0 spiro atoms. The summed E-state index contributed by atoms with van der Waals surface area (Å²) < 4.78 is 1.68. The number of thiazole rings is 1. The number of nitrogens with zero attached hydrogens (tertiary/aromatic N) is 8. The molecule has 4 aromatic heterocycles. The van der Waals surface area contributed by atoms with E-state index in [-0.39, 0.29) is 73.5 Å². The number of likely N-dealkylation sites (tertiary alicyclic amines) is 1. The number of nitrogens with one attached hydrogen (secondary N) is 3. The van der Waals surface area contributed by atoms with Gasteiger partial charge in [-0.3, -0.25) is 33.3 Å². The van der Waals surface area contributed by atoms with Gasteiger partial charge in [-0.15, -0.1) is 17.3 Å². The molecule has 4 N–H and O–H groups in total. The van der Waals surface area contributed by atoms with Crippen LogP contribution in [0.25, 0.3) is 21.5 Å². The van der Waals surface area contributed by atoms with E-state index in [1.807, 2.05) is 74.5 Å². The van der Waals surface area contributed by atoms with Gasteiger partial charge in [0.15, 0.2) is 5.78 Å². The van der Waals surface area contributed by atoms with Gasteiger partial charge >= 0.3 is 0 Å². The van der Waals surface area contributed by atoms with Gasteiger partial charge in [-0.2, -0.15) is 4.98 Å². The van der Waals surface area contributed by atoms with E-state index >= 15 is 0 Å². The van der Waals surface area contributed by atoms with Gasteiger partial charge in [0, 0.05) is 76.2 Å². The van der Waals surface area contributed by atoms with Crippen LogP contribution in [-0.2, 0) is 25.7 Å². The molecule has 4 amide bonds. The zero-order valence-electron chi connectivity index (χ0n) is 41.8. The second-order valence-electron chi connectivity index (χ2n) is 20.0. The first-order valence-corrected chi connectivity index (χ1v) is 25.5. The number of carbonyl (C=O) groups excluding carboxylic acids is 5. The van der Waals surface area contributed by atoms with Crippen molar-refractivity contribution >= 4 is 69.2 Å². The van der Waals surface area contributed by atoms with Crippen LogP contribution < -0.4 is 26.4 Å². The fourth-order valence-corrected chi connectivity index (χ4v) is 10.6. The molecule has 3 fully saturated rings. The summed E-state index contributed by atoms with van der Waals surface area (Å²) in [6.45, 7) is 13.1. The topological polar surface area (TPSA) is 225 Å². The predicted molar refractivity (Wildman–Crippen MR) is 276 cm³/mol. The second-order valence-corrected chi connectivity index (χ2v) is 20.8. The molecule has 8 rings (SSSR count). The van der Waals surface area contributed by atoms with Gasteiger partial charge < -0.3 is 35.8 Å². The zero-order valence-corrected chi connectivity index (χ0v) is 42.6. The summed E-state index contributed by atoms with van der Waals surface area (Å²) in [6, 6.07) is 9.71. The van der Waals surface area contributed by atoms with Crippen LogP contribution in [0.3, 0.4) is 0 Å². The summed E-state index contributed by atoms with van der Waals surface area (Å²) in [5, 5.41) is 20.2. The van der Waals surface area contributed by atoms with Crippen LogP contribution in [0.2, 0.25) is 0 Å². The molecule has 1 saturated carbocycles. The van der Waals surface area contributed by atoms with Crippen LogP contribution in [0, 0.1) is 31.1 Å². The zero-order chi connectivity index (χ0) is 51.3. The van der Waals surface area contributed by atoms with E-state index in [0.717, 1.165) is 53.1 Å². The minimum atomic E-state index is -0.982. The van der Waals surface area contributed by atoms with Crippen molar-refractivity contribution in [3.05, 3.63) is 87.0 Å². The van der Waals surface area contributed by atoms with E-state index in [9.17, 15) is 33.9 Å². The molecule has 0 bridgehead atoms. The van der Waals surface area contributed by atoms with Crippen LogP contribution in [0.1, 0.15) is 112 Å². The van der Waals surface area contributed by atoms with Crippen LogP contribution in [0.5, 0.6) is 0 Å². The van der Waals surface area contributed by atoms with Crippen LogP contribution in [-0.4, -0.2) is 120 Å². The smallest absolute Gasteiger partial charge is 0.263 e. The molecule has 378 valence electrons. The lowest BCUT2D eigenvalue weighted by atomic mass is 9.85. The average Bonchev–Trinajstić information content (AvgIpc) is 4.14. The monoisotopic (exact) mass is 997 g/mol. The highest BCUT2D eigenvalue weighted by Crippen LogP contribution is 2.33. The molecule has 5 aromatic rings. The Morgan fingerprint density at radius 3 is 2.32 bits per heavy atom. The second kappa shape index (κ2) is 22.2. The molecule has 19 heteroatoms. The summed E-state index contributed by atoms with van der Waals surface area (Å²) in [5.74, 6) is 5.01. The Hall–Kier alpha value is -7.04. The minimum Gasteiger partial charge on any atom is -0.391 e. The fraction of sp³-hybridized carbons (Fsp3) is 0.472. The van der Waals surface area contributed by atoms with E-state index in [1.54, 1.807) is 35.2 Å². The molecule has 3 atom stereocenters. The SMILES string of the molecule is CC(=O)c1c(C)c2cnc(Nc3ccc(N4CCN(C(=O)CCC#CCC(=O)N[C@H](C(=O)N5C[C@H](O)C[C@H]5C(=O)NCc5ccc(-c6scnc6C)cc5)C(C)(C)C)CC4)cn3)nc2n(C2CCCC2)c1=O. The quantitative estimate of drug-likeness (QED) is 0.0785. The van der Waals surface area contributed by atoms with Gasteiger partial charge in [0.1, 0.15) is 23.5 Å². The molecule has 0 unspecified atom stereocenters. The molecule has 72 heavy (non-hydrogen) atoms. The molecule has 3 aliphatic rings. The molecule has 6 heterocycles. The highest BCUT2D eigenvalue weighted by Gasteiger charge is 2.44. The first kappa shape index (κ1) is 51.3. The number of carbonyl (C=O) groups is 5. The third-order valence-corrected chi connectivity index (χ3v) is 14.8. The lowest BCUT2D eigenvalue weighted by Crippen LogP contribution is -2.57. The fourth-order valence-electron chi connectivity index (χ4n) is 9.84.